The van der Waals surface area contributed by atoms with Crippen molar-refractivity contribution in [3.05, 3.63) is 41.2 Å². The molecule has 0 aliphatic carbocycles. The predicted molar refractivity (Wildman–Crippen MR) is 100 cm³/mol. The van der Waals surface area contributed by atoms with Crippen molar-refractivity contribution in [2.75, 3.05) is 17.3 Å². The van der Waals surface area contributed by atoms with Crippen molar-refractivity contribution in [3.8, 4) is 0 Å². The number of aromatic nitrogens is 3. The summed E-state index contributed by atoms with van der Waals surface area (Å²) in [5.41, 5.74) is 1.44. The minimum Gasteiger partial charge on any atom is -0.363 e. The van der Waals surface area contributed by atoms with Crippen LogP contribution in [0.4, 0.5) is 20.3 Å². The normalized spacial score (nSPS) is 10.7. The first-order chi connectivity index (χ1) is 12.1. The second kappa shape index (κ2) is 7.89. The van der Waals surface area contributed by atoms with Crippen LogP contribution in [-0.4, -0.2) is 28.1 Å². The van der Waals surface area contributed by atoms with Gasteiger partial charge in [-0.25, -0.2) is 9.37 Å². The van der Waals surface area contributed by atoms with E-state index in [4.69, 9.17) is 0 Å². The summed E-state index contributed by atoms with van der Waals surface area (Å²) in [6.45, 7) is 1.46. The highest BCUT2D eigenvalue weighted by molar-refractivity contribution is 8.00. The Balaban J connectivity index is 1.73. The van der Waals surface area contributed by atoms with E-state index in [1.165, 1.54) is 58.4 Å². The fraction of sp³-hybridized carbons (Fsp3) is 0.200. The molecule has 0 saturated carbocycles. The van der Waals surface area contributed by atoms with Crippen molar-refractivity contribution < 1.29 is 9.18 Å². The molecule has 0 radical (unpaired) electrons. The zero-order chi connectivity index (χ0) is 17.8. The van der Waals surface area contributed by atoms with Crippen LogP contribution in [0.25, 0.3) is 0 Å². The van der Waals surface area contributed by atoms with E-state index in [0.29, 0.717) is 16.6 Å². The first kappa shape index (κ1) is 17.8. The van der Waals surface area contributed by atoms with Gasteiger partial charge in [0.15, 0.2) is 9.47 Å². The van der Waals surface area contributed by atoms with E-state index in [1.54, 1.807) is 19.2 Å². The highest BCUT2D eigenvalue weighted by Crippen LogP contribution is 2.32. The van der Waals surface area contributed by atoms with Crippen molar-refractivity contribution in [1.29, 1.82) is 0 Å². The maximum absolute atomic E-state index is 13.1. The van der Waals surface area contributed by atoms with Gasteiger partial charge in [-0.1, -0.05) is 23.1 Å². The summed E-state index contributed by atoms with van der Waals surface area (Å²) < 4.78 is 14.0. The van der Waals surface area contributed by atoms with Crippen molar-refractivity contribution >= 4 is 56.3 Å². The van der Waals surface area contributed by atoms with Crippen LogP contribution >= 0.6 is 34.4 Å². The van der Waals surface area contributed by atoms with Gasteiger partial charge in [0.25, 0.3) is 0 Å². The number of carbonyl (C=O) groups is 1. The molecule has 0 spiro atoms. The molecule has 0 bridgehead atoms. The minimum absolute atomic E-state index is 0.178. The van der Waals surface area contributed by atoms with Gasteiger partial charge in [-0.05, 0) is 24.3 Å². The van der Waals surface area contributed by atoms with Crippen LogP contribution in [0.15, 0.2) is 34.0 Å². The number of benzene rings is 1. The van der Waals surface area contributed by atoms with Crippen LogP contribution in [0.3, 0.4) is 0 Å². The summed E-state index contributed by atoms with van der Waals surface area (Å²) in [5.74, 6) is 0.105. The fourth-order valence-electron chi connectivity index (χ4n) is 1.99. The quantitative estimate of drug-likeness (QED) is 0.632. The number of hydrogen-bond acceptors (Lipinski definition) is 8. The number of hydrogen-bond donors (Lipinski definition) is 1. The number of nitrogens with zero attached hydrogens (tertiary/aromatic N) is 4. The van der Waals surface area contributed by atoms with Gasteiger partial charge in [0.2, 0.25) is 11.0 Å². The van der Waals surface area contributed by atoms with Crippen LogP contribution < -0.4 is 10.2 Å². The molecule has 0 unspecified atom stereocenters. The van der Waals surface area contributed by atoms with E-state index >= 15 is 0 Å². The largest absolute Gasteiger partial charge is 0.363 e. The Kier molecular flexibility index (Phi) is 5.61. The fourth-order valence-corrected chi connectivity index (χ4v) is 4.58. The van der Waals surface area contributed by atoms with Gasteiger partial charge in [-0.3, -0.25) is 9.69 Å². The smallest absolute Gasteiger partial charge is 0.230 e. The van der Waals surface area contributed by atoms with Gasteiger partial charge in [0.05, 0.1) is 11.4 Å². The summed E-state index contributed by atoms with van der Waals surface area (Å²) >= 11 is 4.38. The van der Waals surface area contributed by atoms with Gasteiger partial charge in [0.1, 0.15) is 5.82 Å². The Labute approximate surface area is 156 Å². The lowest BCUT2D eigenvalue weighted by atomic mass is 10.3. The molecule has 2 aromatic heterocycles. The molecule has 0 fully saturated rings. The lowest BCUT2D eigenvalue weighted by Crippen LogP contribution is -2.22. The second-order valence-corrected chi connectivity index (χ2v) is 7.90. The maximum atomic E-state index is 13.1. The molecular formula is C15H14FN5OS3. The van der Waals surface area contributed by atoms with Crippen LogP contribution in [0.2, 0.25) is 0 Å². The number of anilines is 3. The summed E-state index contributed by atoms with van der Waals surface area (Å²) in [6, 6.07) is 5.77. The van der Waals surface area contributed by atoms with Crippen molar-refractivity contribution in [2.24, 2.45) is 0 Å². The van der Waals surface area contributed by atoms with Gasteiger partial charge in [-0.2, -0.15) is 0 Å². The molecule has 25 heavy (non-hydrogen) atoms. The SMILES string of the molecule is CNc1nnc(SCc2csc(N(C(C)=O)c3ccc(F)cc3)n2)s1. The third kappa shape index (κ3) is 4.33. The van der Waals surface area contributed by atoms with Gasteiger partial charge < -0.3 is 5.32 Å². The number of halogens is 1. The molecule has 0 aliphatic heterocycles. The number of rotatable bonds is 6. The Morgan fingerprint density at radius 3 is 2.72 bits per heavy atom. The molecule has 130 valence electrons. The van der Waals surface area contributed by atoms with Crippen molar-refractivity contribution in [1.82, 2.24) is 15.2 Å². The van der Waals surface area contributed by atoms with E-state index in [2.05, 4.69) is 20.5 Å². The molecule has 0 atom stereocenters. The molecule has 3 aromatic rings. The van der Waals surface area contributed by atoms with Crippen molar-refractivity contribution in [3.63, 3.8) is 0 Å². The number of amides is 1. The monoisotopic (exact) mass is 395 g/mol. The topological polar surface area (TPSA) is 71.0 Å². The van der Waals surface area contributed by atoms with Crippen LogP contribution in [0, 0.1) is 5.82 Å². The standard InChI is InChI=1S/C15H14FN5OS3/c1-9(22)21(12-5-3-10(16)4-6-12)14-18-11(7-23-14)8-24-15-20-19-13(17-2)25-15/h3-7H,8H2,1-2H3,(H,17,19). The average molecular weight is 396 g/mol. The predicted octanol–water partition coefficient (Wildman–Crippen LogP) is 4.15. The average Bonchev–Trinajstić information content (AvgIpc) is 3.24. The Bertz CT molecular complexity index is 864. The van der Waals surface area contributed by atoms with E-state index < -0.39 is 0 Å². The molecular weight excluding hydrogens is 381 g/mol. The summed E-state index contributed by atoms with van der Waals surface area (Å²) in [4.78, 5) is 18.0. The molecule has 1 N–H and O–H groups in total. The lowest BCUT2D eigenvalue weighted by Gasteiger charge is -2.17. The summed E-state index contributed by atoms with van der Waals surface area (Å²) in [5, 5.41) is 14.2. The number of carbonyl (C=O) groups excluding carboxylic acids is 1. The number of nitrogens with one attached hydrogen (secondary N) is 1. The third-order valence-electron chi connectivity index (χ3n) is 3.09. The second-order valence-electron chi connectivity index (χ2n) is 4.86. The van der Waals surface area contributed by atoms with Crippen LogP contribution in [-0.2, 0) is 10.5 Å². The van der Waals surface area contributed by atoms with Crippen LogP contribution in [0.5, 0.6) is 0 Å². The van der Waals surface area contributed by atoms with E-state index in [-0.39, 0.29) is 11.7 Å². The first-order valence-corrected chi connectivity index (χ1v) is 9.89. The number of thiazole rings is 1. The summed E-state index contributed by atoms with van der Waals surface area (Å²) in [6.07, 6.45) is 0. The van der Waals surface area contributed by atoms with E-state index in [0.717, 1.165) is 15.2 Å². The molecule has 0 saturated heterocycles. The Morgan fingerprint density at radius 1 is 1.32 bits per heavy atom. The first-order valence-electron chi connectivity index (χ1n) is 7.21. The van der Waals surface area contributed by atoms with E-state index in [1.807, 2.05) is 5.38 Å². The lowest BCUT2D eigenvalue weighted by molar-refractivity contribution is -0.115. The molecule has 10 heteroatoms. The highest BCUT2D eigenvalue weighted by Gasteiger charge is 2.18. The molecule has 1 amide bonds. The molecule has 3 rings (SSSR count). The summed E-state index contributed by atoms with van der Waals surface area (Å²) in [7, 11) is 1.80. The molecule has 6 nitrogen and oxygen atoms in total. The molecule has 1 aromatic carbocycles. The Morgan fingerprint density at radius 2 is 2.08 bits per heavy atom. The number of thioether (sulfide) groups is 1. The Hall–Kier alpha value is -2.04. The zero-order valence-electron chi connectivity index (χ0n) is 13.4. The van der Waals surface area contributed by atoms with Crippen molar-refractivity contribution in [2.45, 2.75) is 17.0 Å². The van der Waals surface area contributed by atoms with Gasteiger partial charge >= 0.3 is 0 Å². The molecule has 0 aliphatic rings. The molecule has 2 heterocycles. The minimum atomic E-state index is -0.346. The third-order valence-corrected chi connectivity index (χ3v) is 6.08. The maximum Gasteiger partial charge on any atom is 0.230 e. The highest BCUT2D eigenvalue weighted by atomic mass is 32.2. The van der Waals surface area contributed by atoms with Gasteiger partial charge in [0, 0.05) is 25.1 Å². The van der Waals surface area contributed by atoms with E-state index in [9.17, 15) is 9.18 Å². The zero-order valence-corrected chi connectivity index (χ0v) is 15.8. The van der Waals surface area contributed by atoms with Crippen LogP contribution in [0.1, 0.15) is 12.6 Å². The van der Waals surface area contributed by atoms with Gasteiger partial charge in [-0.15, -0.1) is 21.5 Å².